The molecule has 0 unspecified atom stereocenters. The predicted octanol–water partition coefficient (Wildman–Crippen LogP) is 2.34. The van der Waals surface area contributed by atoms with Gasteiger partial charge in [0, 0.05) is 6.04 Å². The van der Waals surface area contributed by atoms with E-state index in [1.165, 1.54) is 0 Å². The van der Waals surface area contributed by atoms with Gasteiger partial charge in [-0.2, -0.15) is 0 Å². The monoisotopic (exact) mass is 297 g/mol. The number of aliphatic hydroxyl groups excluding tert-OH is 1. The van der Waals surface area contributed by atoms with Crippen LogP contribution in [0, 0.1) is 12.8 Å². The molecular formula is C15H23NO3S. The third-order valence-corrected chi connectivity index (χ3v) is 5.66. The zero-order chi connectivity index (χ0) is 14.8. The number of benzene rings is 1. The number of hydrogen-bond acceptors (Lipinski definition) is 3. The zero-order valence-electron chi connectivity index (χ0n) is 12.1. The topological polar surface area (TPSA) is 66.4 Å². The highest BCUT2D eigenvalue weighted by atomic mass is 32.2. The molecule has 2 N–H and O–H groups in total. The second-order valence-corrected chi connectivity index (χ2v) is 7.54. The molecule has 0 aliphatic heterocycles. The van der Waals surface area contributed by atoms with E-state index in [0.29, 0.717) is 11.5 Å². The van der Waals surface area contributed by atoms with Gasteiger partial charge in [0.1, 0.15) is 0 Å². The van der Waals surface area contributed by atoms with Gasteiger partial charge in [-0.15, -0.1) is 0 Å². The van der Waals surface area contributed by atoms with E-state index in [2.05, 4.69) is 11.6 Å². The SMILES string of the molecule is Cc1ccc(S(=O)(=O)NC2CCC(C)CC2)cc1CO. The summed E-state index contributed by atoms with van der Waals surface area (Å²) in [6.07, 6.45) is 3.95. The van der Waals surface area contributed by atoms with Crippen LogP contribution in [0.5, 0.6) is 0 Å². The summed E-state index contributed by atoms with van der Waals surface area (Å²) in [5.74, 6) is 0.691. The fourth-order valence-corrected chi connectivity index (χ4v) is 4.01. The maximum atomic E-state index is 12.4. The Labute approximate surface area is 121 Å². The number of nitrogens with one attached hydrogen (secondary N) is 1. The summed E-state index contributed by atoms with van der Waals surface area (Å²) in [5, 5.41) is 9.24. The summed E-state index contributed by atoms with van der Waals surface area (Å²) in [7, 11) is -3.49. The Balaban J connectivity index is 2.14. The molecule has 0 saturated heterocycles. The second-order valence-electron chi connectivity index (χ2n) is 5.82. The lowest BCUT2D eigenvalue weighted by atomic mass is 9.88. The van der Waals surface area contributed by atoms with E-state index in [4.69, 9.17) is 0 Å². The maximum Gasteiger partial charge on any atom is 0.240 e. The first kappa shape index (κ1) is 15.5. The van der Waals surface area contributed by atoms with Gasteiger partial charge in [0.2, 0.25) is 10.0 Å². The lowest BCUT2D eigenvalue weighted by molar-refractivity contribution is 0.280. The molecule has 0 aromatic heterocycles. The molecule has 1 aromatic rings. The highest BCUT2D eigenvalue weighted by Gasteiger charge is 2.24. The smallest absolute Gasteiger partial charge is 0.240 e. The Kier molecular flexibility index (Phi) is 4.83. The van der Waals surface area contributed by atoms with E-state index in [1.54, 1.807) is 18.2 Å². The van der Waals surface area contributed by atoms with Gasteiger partial charge in [-0.25, -0.2) is 13.1 Å². The van der Waals surface area contributed by atoms with Crippen LogP contribution in [0.1, 0.15) is 43.7 Å². The minimum Gasteiger partial charge on any atom is -0.392 e. The molecule has 4 nitrogen and oxygen atoms in total. The van der Waals surface area contributed by atoms with Crippen LogP contribution in [0.4, 0.5) is 0 Å². The van der Waals surface area contributed by atoms with Gasteiger partial charge < -0.3 is 5.11 Å². The first-order chi connectivity index (χ1) is 9.42. The average molecular weight is 297 g/mol. The number of hydrogen-bond donors (Lipinski definition) is 2. The molecule has 5 heteroatoms. The van der Waals surface area contributed by atoms with Gasteiger partial charge >= 0.3 is 0 Å². The van der Waals surface area contributed by atoms with Crippen LogP contribution < -0.4 is 4.72 Å². The third-order valence-electron chi connectivity index (χ3n) is 4.14. The molecule has 1 saturated carbocycles. The Morgan fingerprint density at radius 1 is 1.25 bits per heavy atom. The van der Waals surface area contributed by atoms with E-state index in [-0.39, 0.29) is 17.5 Å². The first-order valence-electron chi connectivity index (χ1n) is 7.15. The predicted molar refractivity (Wildman–Crippen MR) is 78.8 cm³/mol. The van der Waals surface area contributed by atoms with Crippen molar-refractivity contribution in [2.24, 2.45) is 5.92 Å². The van der Waals surface area contributed by atoms with Gasteiger partial charge in [0.15, 0.2) is 0 Å². The standard InChI is InChI=1S/C15H23NO3S/c1-11-3-6-14(7-4-11)16-20(18,19)15-8-5-12(2)13(9-15)10-17/h5,8-9,11,14,16-17H,3-4,6-7,10H2,1-2H3. The number of sulfonamides is 1. The summed E-state index contributed by atoms with van der Waals surface area (Å²) in [6.45, 7) is 3.92. The summed E-state index contributed by atoms with van der Waals surface area (Å²) in [5.41, 5.74) is 1.56. The van der Waals surface area contributed by atoms with E-state index < -0.39 is 10.0 Å². The molecule has 1 aromatic carbocycles. The zero-order valence-corrected chi connectivity index (χ0v) is 12.9. The molecular weight excluding hydrogens is 274 g/mol. The molecule has 0 atom stereocenters. The quantitative estimate of drug-likeness (QED) is 0.896. The van der Waals surface area contributed by atoms with Gasteiger partial charge in [0.25, 0.3) is 0 Å². The van der Waals surface area contributed by atoms with Gasteiger partial charge in [0.05, 0.1) is 11.5 Å². The number of rotatable bonds is 4. The Bertz CT molecular complexity index is 560. The molecule has 1 fully saturated rings. The molecule has 2 rings (SSSR count). The molecule has 0 spiro atoms. The first-order valence-corrected chi connectivity index (χ1v) is 8.63. The molecule has 1 aliphatic carbocycles. The van der Waals surface area contributed by atoms with Crippen LogP contribution in [0.3, 0.4) is 0 Å². The number of aryl methyl sites for hydroxylation is 1. The molecule has 0 radical (unpaired) electrons. The van der Waals surface area contributed by atoms with Crippen molar-refractivity contribution >= 4 is 10.0 Å². The van der Waals surface area contributed by atoms with Crippen molar-refractivity contribution < 1.29 is 13.5 Å². The van der Waals surface area contributed by atoms with Crippen LogP contribution in [-0.4, -0.2) is 19.6 Å². The van der Waals surface area contributed by atoms with Crippen molar-refractivity contribution in [3.63, 3.8) is 0 Å². The highest BCUT2D eigenvalue weighted by Crippen LogP contribution is 2.25. The molecule has 0 bridgehead atoms. The van der Waals surface area contributed by atoms with Crippen LogP contribution in [-0.2, 0) is 16.6 Å². The van der Waals surface area contributed by atoms with Crippen LogP contribution in [0.2, 0.25) is 0 Å². The second kappa shape index (κ2) is 6.24. The van der Waals surface area contributed by atoms with Crippen molar-refractivity contribution in [1.82, 2.24) is 4.72 Å². The van der Waals surface area contributed by atoms with Crippen LogP contribution in [0.25, 0.3) is 0 Å². The fourth-order valence-electron chi connectivity index (χ4n) is 2.65. The van der Waals surface area contributed by atoms with Crippen molar-refractivity contribution in [3.8, 4) is 0 Å². The summed E-state index contributed by atoms with van der Waals surface area (Å²) in [4.78, 5) is 0.241. The third kappa shape index (κ3) is 3.59. The van der Waals surface area contributed by atoms with Crippen molar-refractivity contribution in [2.45, 2.75) is 57.1 Å². The Morgan fingerprint density at radius 3 is 2.50 bits per heavy atom. The highest BCUT2D eigenvalue weighted by molar-refractivity contribution is 7.89. The largest absolute Gasteiger partial charge is 0.392 e. The van der Waals surface area contributed by atoms with Crippen molar-refractivity contribution in [2.75, 3.05) is 0 Å². The minimum absolute atomic E-state index is 0.0371. The van der Waals surface area contributed by atoms with E-state index >= 15 is 0 Å². The summed E-state index contributed by atoms with van der Waals surface area (Å²) in [6, 6.07) is 4.93. The number of aliphatic hydroxyl groups is 1. The summed E-state index contributed by atoms with van der Waals surface area (Å²) < 4.78 is 27.5. The van der Waals surface area contributed by atoms with E-state index in [1.807, 2.05) is 6.92 Å². The van der Waals surface area contributed by atoms with Gasteiger partial charge in [-0.1, -0.05) is 13.0 Å². The molecule has 20 heavy (non-hydrogen) atoms. The van der Waals surface area contributed by atoms with Crippen molar-refractivity contribution in [3.05, 3.63) is 29.3 Å². The maximum absolute atomic E-state index is 12.4. The van der Waals surface area contributed by atoms with E-state index in [0.717, 1.165) is 31.2 Å². The summed E-state index contributed by atoms with van der Waals surface area (Å²) >= 11 is 0. The van der Waals surface area contributed by atoms with Gasteiger partial charge in [-0.3, -0.25) is 0 Å². The van der Waals surface area contributed by atoms with Gasteiger partial charge in [-0.05, 0) is 61.8 Å². The molecule has 0 heterocycles. The molecule has 1 aliphatic rings. The Morgan fingerprint density at radius 2 is 1.90 bits per heavy atom. The van der Waals surface area contributed by atoms with E-state index in [9.17, 15) is 13.5 Å². The van der Waals surface area contributed by atoms with Crippen LogP contribution >= 0.6 is 0 Å². The van der Waals surface area contributed by atoms with Crippen LogP contribution in [0.15, 0.2) is 23.1 Å². The lowest BCUT2D eigenvalue weighted by Gasteiger charge is -2.26. The normalized spacial score (nSPS) is 23.8. The average Bonchev–Trinajstić information content (AvgIpc) is 2.41. The molecule has 0 amide bonds. The fraction of sp³-hybridized carbons (Fsp3) is 0.600. The van der Waals surface area contributed by atoms with Crippen molar-refractivity contribution in [1.29, 1.82) is 0 Å². The minimum atomic E-state index is -3.49. The molecule has 112 valence electrons. The Hall–Kier alpha value is -0.910. The lowest BCUT2D eigenvalue weighted by Crippen LogP contribution is -2.37.